The Bertz CT molecular complexity index is 642. The van der Waals surface area contributed by atoms with Crippen LogP contribution in [0.5, 0.6) is 0 Å². The maximum atomic E-state index is 12.6. The van der Waals surface area contributed by atoms with Gasteiger partial charge in [-0.3, -0.25) is 0 Å². The van der Waals surface area contributed by atoms with Crippen LogP contribution in [0.4, 0.5) is 5.69 Å². The van der Waals surface area contributed by atoms with Gasteiger partial charge in [-0.15, -0.1) is 0 Å². The second kappa shape index (κ2) is 7.77. The van der Waals surface area contributed by atoms with E-state index in [4.69, 9.17) is 5.26 Å². The lowest BCUT2D eigenvalue weighted by Gasteiger charge is -2.35. The third-order valence-corrected chi connectivity index (χ3v) is 5.92. The molecular weight excluding hydrogens is 312 g/mol. The van der Waals surface area contributed by atoms with E-state index in [9.17, 15) is 8.42 Å². The standard InChI is InChI=1S/C16H24N4O2S/c1-14(11-17)12-19(2)23(21,22)20-10-6-9-16(13-20)18-15-7-4-3-5-8-15/h3-5,7-8,14,16,18H,6,9-10,12-13H2,1-2H3/t14-,16+/m1/s1. The molecule has 0 saturated carbocycles. The summed E-state index contributed by atoms with van der Waals surface area (Å²) in [6.45, 7) is 2.91. The summed E-state index contributed by atoms with van der Waals surface area (Å²) in [7, 11) is -1.98. The molecule has 0 unspecified atom stereocenters. The monoisotopic (exact) mass is 336 g/mol. The van der Waals surface area contributed by atoms with Crippen molar-refractivity contribution in [2.75, 3.05) is 32.0 Å². The number of benzene rings is 1. The second-order valence-corrected chi connectivity index (χ2v) is 8.06. The highest BCUT2D eigenvalue weighted by Crippen LogP contribution is 2.20. The van der Waals surface area contributed by atoms with Gasteiger partial charge in [0.1, 0.15) is 0 Å². The Labute approximate surface area is 138 Å². The van der Waals surface area contributed by atoms with Crippen molar-refractivity contribution in [3.05, 3.63) is 30.3 Å². The zero-order chi connectivity index (χ0) is 16.9. The van der Waals surface area contributed by atoms with Gasteiger partial charge < -0.3 is 5.32 Å². The molecule has 0 radical (unpaired) electrons. The molecule has 1 aliphatic rings. The van der Waals surface area contributed by atoms with Gasteiger partial charge in [0.25, 0.3) is 10.2 Å². The molecule has 6 nitrogen and oxygen atoms in total. The number of hydrogen-bond acceptors (Lipinski definition) is 4. The number of anilines is 1. The molecule has 0 bridgehead atoms. The first kappa shape index (κ1) is 17.7. The summed E-state index contributed by atoms with van der Waals surface area (Å²) in [6.07, 6.45) is 1.77. The van der Waals surface area contributed by atoms with Crippen molar-refractivity contribution in [3.8, 4) is 6.07 Å². The van der Waals surface area contributed by atoms with Crippen molar-refractivity contribution < 1.29 is 8.42 Å². The molecule has 23 heavy (non-hydrogen) atoms. The van der Waals surface area contributed by atoms with E-state index in [1.54, 1.807) is 6.92 Å². The fourth-order valence-electron chi connectivity index (χ4n) is 2.76. The van der Waals surface area contributed by atoms with Crippen molar-refractivity contribution in [2.24, 2.45) is 5.92 Å². The van der Waals surface area contributed by atoms with Gasteiger partial charge in [-0.2, -0.15) is 22.3 Å². The van der Waals surface area contributed by atoms with Crippen LogP contribution in [0, 0.1) is 17.2 Å². The molecule has 1 aromatic carbocycles. The highest BCUT2D eigenvalue weighted by molar-refractivity contribution is 7.86. The Morgan fingerprint density at radius 1 is 1.43 bits per heavy atom. The number of rotatable bonds is 6. The first-order chi connectivity index (χ1) is 10.9. The van der Waals surface area contributed by atoms with E-state index in [1.165, 1.54) is 15.7 Å². The zero-order valence-electron chi connectivity index (χ0n) is 13.6. The van der Waals surface area contributed by atoms with Gasteiger partial charge in [0, 0.05) is 38.4 Å². The number of hydrogen-bond donors (Lipinski definition) is 1. The average molecular weight is 336 g/mol. The molecule has 2 rings (SSSR count). The molecule has 0 spiro atoms. The summed E-state index contributed by atoms with van der Waals surface area (Å²) in [5.74, 6) is -0.321. The number of nitrogens with zero attached hydrogens (tertiary/aromatic N) is 3. The van der Waals surface area contributed by atoms with E-state index < -0.39 is 10.2 Å². The maximum Gasteiger partial charge on any atom is 0.281 e. The van der Waals surface area contributed by atoms with E-state index in [-0.39, 0.29) is 18.5 Å². The van der Waals surface area contributed by atoms with Gasteiger partial charge in [0.15, 0.2) is 0 Å². The topological polar surface area (TPSA) is 76.4 Å². The summed E-state index contributed by atoms with van der Waals surface area (Å²) in [4.78, 5) is 0. The number of nitriles is 1. The third kappa shape index (κ3) is 4.67. The van der Waals surface area contributed by atoms with Crippen LogP contribution in [-0.4, -0.2) is 49.8 Å². The second-order valence-electron chi connectivity index (χ2n) is 6.03. The minimum absolute atomic E-state index is 0.0997. The molecule has 1 aromatic rings. The Morgan fingerprint density at radius 2 is 2.13 bits per heavy atom. The van der Waals surface area contributed by atoms with Crippen LogP contribution in [0.3, 0.4) is 0 Å². The molecule has 0 aromatic heterocycles. The molecule has 1 heterocycles. The van der Waals surface area contributed by atoms with Gasteiger partial charge in [-0.1, -0.05) is 18.2 Å². The maximum absolute atomic E-state index is 12.6. The molecular formula is C16H24N4O2S. The smallest absolute Gasteiger partial charge is 0.281 e. The lowest BCUT2D eigenvalue weighted by atomic mass is 10.1. The van der Waals surface area contributed by atoms with Crippen LogP contribution in [0.2, 0.25) is 0 Å². The fourth-order valence-corrected chi connectivity index (χ4v) is 4.29. The molecule has 2 atom stereocenters. The van der Waals surface area contributed by atoms with Gasteiger partial charge >= 0.3 is 0 Å². The molecule has 1 saturated heterocycles. The van der Waals surface area contributed by atoms with Gasteiger partial charge in [0.05, 0.1) is 12.0 Å². The SMILES string of the molecule is C[C@H](C#N)CN(C)S(=O)(=O)N1CCC[C@H](Nc2ccccc2)C1. The fraction of sp³-hybridized carbons (Fsp3) is 0.562. The van der Waals surface area contributed by atoms with Crippen molar-refractivity contribution in [2.45, 2.75) is 25.8 Å². The van der Waals surface area contributed by atoms with E-state index in [0.717, 1.165) is 18.5 Å². The first-order valence-electron chi connectivity index (χ1n) is 7.86. The molecule has 1 fully saturated rings. The Morgan fingerprint density at radius 3 is 2.78 bits per heavy atom. The van der Waals surface area contributed by atoms with Crippen molar-refractivity contribution in [3.63, 3.8) is 0 Å². The van der Waals surface area contributed by atoms with Gasteiger partial charge in [0.2, 0.25) is 0 Å². The van der Waals surface area contributed by atoms with Crippen molar-refractivity contribution in [1.29, 1.82) is 5.26 Å². The molecule has 7 heteroatoms. The van der Waals surface area contributed by atoms with Crippen LogP contribution >= 0.6 is 0 Å². The Kier molecular flexibility index (Phi) is 5.99. The predicted molar refractivity (Wildman–Crippen MR) is 91.0 cm³/mol. The minimum Gasteiger partial charge on any atom is -0.381 e. The van der Waals surface area contributed by atoms with Gasteiger partial charge in [-0.05, 0) is 31.9 Å². The normalized spacial score (nSPS) is 20.9. The summed E-state index contributed by atoms with van der Waals surface area (Å²) >= 11 is 0. The van der Waals surface area contributed by atoms with Crippen LogP contribution < -0.4 is 5.32 Å². The third-order valence-electron chi connectivity index (χ3n) is 4.00. The minimum atomic E-state index is -3.52. The molecule has 126 valence electrons. The van der Waals surface area contributed by atoms with Crippen LogP contribution in [0.1, 0.15) is 19.8 Å². The predicted octanol–water partition coefficient (Wildman–Crippen LogP) is 1.90. The lowest BCUT2D eigenvalue weighted by molar-refractivity contribution is 0.297. The zero-order valence-corrected chi connectivity index (χ0v) is 14.5. The highest BCUT2D eigenvalue weighted by atomic mass is 32.2. The van der Waals surface area contributed by atoms with Crippen molar-refractivity contribution >= 4 is 15.9 Å². The number of para-hydroxylation sites is 1. The summed E-state index contributed by atoms with van der Waals surface area (Å²) in [6, 6.07) is 12.0. The molecule has 0 aliphatic carbocycles. The summed E-state index contributed by atoms with van der Waals surface area (Å²) in [5, 5.41) is 12.3. The van der Waals surface area contributed by atoms with Crippen LogP contribution in [0.25, 0.3) is 0 Å². The molecule has 0 amide bonds. The lowest BCUT2D eigenvalue weighted by Crippen LogP contribution is -2.50. The average Bonchev–Trinajstić information content (AvgIpc) is 2.55. The van der Waals surface area contributed by atoms with E-state index in [1.807, 2.05) is 30.3 Å². The largest absolute Gasteiger partial charge is 0.381 e. The Balaban J connectivity index is 2.01. The summed E-state index contributed by atoms with van der Waals surface area (Å²) in [5.41, 5.74) is 1.00. The summed E-state index contributed by atoms with van der Waals surface area (Å²) < 4.78 is 28.1. The van der Waals surface area contributed by atoms with Crippen LogP contribution in [0.15, 0.2) is 30.3 Å². The number of nitrogens with one attached hydrogen (secondary N) is 1. The van der Waals surface area contributed by atoms with E-state index in [0.29, 0.717) is 13.1 Å². The van der Waals surface area contributed by atoms with Crippen molar-refractivity contribution in [1.82, 2.24) is 8.61 Å². The Hall–Kier alpha value is -1.62. The van der Waals surface area contributed by atoms with Crippen LogP contribution in [-0.2, 0) is 10.2 Å². The quantitative estimate of drug-likeness (QED) is 0.861. The van der Waals surface area contributed by atoms with E-state index in [2.05, 4.69) is 11.4 Å². The van der Waals surface area contributed by atoms with Gasteiger partial charge in [-0.25, -0.2) is 0 Å². The molecule has 1 N–H and O–H groups in total. The first-order valence-corrected chi connectivity index (χ1v) is 9.26. The highest BCUT2D eigenvalue weighted by Gasteiger charge is 2.32. The van der Waals surface area contributed by atoms with E-state index >= 15 is 0 Å². The number of piperidine rings is 1. The molecule has 1 aliphatic heterocycles.